The molecule has 0 saturated heterocycles. The molecule has 0 atom stereocenters. The van der Waals surface area contributed by atoms with Crippen LogP contribution in [0.1, 0.15) is 0 Å². The SMILES string of the molecule is ON=c1cc(-c2ccc(O)cc2)ss1.Oc1ccc(-c2cc(=S)ss2)cc1. The van der Waals surface area contributed by atoms with E-state index in [1.54, 1.807) is 44.9 Å². The number of phenols is 2. The molecule has 138 valence electrons. The van der Waals surface area contributed by atoms with Gasteiger partial charge in [0, 0.05) is 9.75 Å². The average Bonchev–Trinajstić information content (AvgIpc) is 3.33. The largest absolute Gasteiger partial charge is 0.508 e. The van der Waals surface area contributed by atoms with Gasteiger partial charge in [0.05, 0.1) is 0 Å². The normalized spacial score (nSPS) is 11.0. The smallest absolute Gasteiger partial charge is 0.166 e. The van der Waals surface area contributed by atoms with Crippen LogP contribution in [-0.2, 0) is 0 Å². The molecule has 0 bridgehead atoms. The van der Waals surface area contributed by atoms with Crippen LogP contribution in [0.5, 0.6) is 11.5 Å². The fourth-order valence-corrected chi connectivity index (χ4v) is 6.50. The molecule has 0 saturated carbocycles. The lowest BCUT2D eigenvalue weighted by Gasteiger charge is -1.95. The first kappa shape index (κ1) is 19.7. The van der Waals surface area contributed by atoms with Gasteiger partial charge in [0.15, 0.2) is 4.67 Å². The molecule has 9 heteroatoms. The van der Waals surface area contributed by atoms with Crippen LogP contribution in [0.15, 0.2) is 65.8 Å². The zero-order valence-electron chi connectivity index (χ0n) is 13.6. The van der Waals surface area contributed by atoms with E-state index >= 15 is 0 Å². The van der Waals surface area contributed by atoms with Crippen LogP contribution in [-0.4, -0.2) is 15.4 Å². The molecule has 2 aromatic heterocycles. The van der Waals surface area contributed by atoms with Crippen LogP contribution in [0.25, 0.3) is 20.9 Å². The molecule has 0 fully saturated rings. The monoisotopic (exact) mass is 451 g/mol. The van der Waals surface area contributed by atoms with Crippen molar-refractivity contribution in [1.29, 1.82) is 0 Å². The lowest BCUT2D eigenvalue weighted by Crippen LogP contribution is -1.87. The van der Waals surface area contributed by atoms with Crippen molar-refractivity contribution in [1.82, 2.24) is 0 Å². The Morgan fingerprint density at radius 1 is 0.667 bits per heavy atom. The van der Waals surface area contributed by atoms with E-state index in [1.165, 1.54) is 20.7 Å². The van der Waals surface area contributed by atoms with E-state index in [-0.39, 0.29) is 5.75 Å². The van der Waals surface area contributed by atoms with Crippen molar-refractivity contribution in [3.63, 3.8) is 0 Å². The highest BCUT2D eigenvalue weighted by atomic mass is 32.9. The standard InChI is InChI=1S/C9H7NO2S2.C9H6OS3/c11-7-3-1-6(2-4-7)8-5-9(10-12)14-13-8;10-7-3-1-6(2-4-7)8-5-9(11)13-12-8/h1-5,11-12H;1-5,10H. The van der Waals surface area contributed by atoms with Gasteiger partial charge < -0.3 is 15.4 Å². The molecule has 27 heavy (non-hydrogen) atoms. The molecule has 0 spiro atoms. The third kappa shape index (κ3) is 5.47. The number of benzene rings is 2. The minimum atomic E-state index is 0.251. The van der Waals surface area contributed by atoms with E-state index in [2.05, 4.69) is 5.16 Å². The molecule has 4 rings (SSSR count). The first-order chi connectivity index (χ1) is 13.0. The van der Waals surface area contributed by atoms with E-state index < -0.39 is 0 Å². The molecule has 2 aromatic carbocycles. The van der Waals surface area contributed by atoms with Crippen LogP contribution >= 0.6 is 53.6 Å². The Hall–Kier alpha value is -2.04. The van der Waals surface area contributed by atoms with E-state index in [9.17, 15) is 0 Å². The maximum Gasteiger partial charge on any atom is 0.166 e. The van der Waals surface area contributed by atoms with Gasteiger partial charge in [0.2, 0.25) is 0 Å². The quantitative estimate of drug-likeness (QED) is 0.143. The third-order valence-electron chi connectivity index (χ3n) is 3.34. The molecule has 0 aliphatic heterocycles. The minimum absolute atomic E-state index is 0.251. The Balaban J connectivity index is 0.000000156. The van der Waals surface area contributed by atoms with Crippen LogP contribution in [0.2, 0.25) is 0 Å². The van der Waals surface area contributed by atoms with E-state index in [4.69, 9.17) is 27.6 Å². The molecule has 4 aromatic rings. The van der Waals surface area contributed by atoms with Crippen LogP contribution in [0, 0.1) is 3.82 Å². The van der Waals surface area contributed by atoms with Crippen molar-refractivity contribution in [2.75, 3.05) is 0 Å². The lowest BCUT2D eigenvalue weighted by atomic mass is 10.2. The van der Waals surface area contributed by atoms with E-state index in [1.807, 2.05) is 36.4 Å². The Bertz CT molecular complexity index is 1120. The number of hydrogen-bond acceptors (Lipinski definition) is 9. The highest BCUT2D eigenvalue weighted by Gasteiger charge is 2.01. The lowest BCUT2D eigenvalue weighted by molar-refractivity contribution is 0.304. The summed E-state index contributed by atoms with van der Waals surface area (Å²) in [6.45, 7) is 0. The van der Waals surface area contributed by atoms with E-state index in [0.29, 0.717) is 10.4 Å². The predicted octanol–water partition coefficient (Wildman–Crippen LogP) is 6.38. The van der Waals surface area contributed by atoms with Crippen LogP contribution < -0.4 is 4.67 Å². The molecule has 0 radical (unpaired) electrons. The number of nitrogens with zero attached hydrogens (tertiary/aromatic N) is 1. The summed E-state index contributed by atoms with van der Waals surface area (Å²) in [5, 5.41) is 29.9. The zero-order chi connectivity index (χ0) is 19.2. The zero-order valence-corrected chi connectivity index (χ0v) is 17.7. The van der Waals surface area contributed by atoms with Gasteiger partial charge in [-0.3, -0.25) is 0 Å². The van der Waals surface area contributed by atoms with Crippen molar-refractivity contribution in [3.05, 3.63) is 69.2 Å². The average molecular weight is 452 g/mol. The number of rotatable bonds is 2. The molecule has 0 amide bonds. The second-order valence-corrected chi connectivity index (χ2v) is 10.3. The van der Waals surface area contributed by atoms with E-state index in [0.717, 1.165) is 24.7 Å². The summed E-state index contributed by atoms with van der Waals surface area (Å²) < 4.78 is 1.51. The van der Waals surface area contributed by atoms with Crippen LogP contribution in [0.4, 0.5) is 0 Å². The molecular weight excluding hydrogens is 439 g/mol. The number of hydrogen-bond donors (Lipinski definition) is 3. The molecule has 2 heterocycles. The fourth-order valence-electron chi connectivity index (χ4n) is 2.05. The summed E-state index contributed by atoms with van der Waals surface area (Å²) in [6.07, 6.45) is 0. The van der Waals surface area contributed by atoms with Crippen LogP contribution in [0.3, 0.4) is 0 Å². The van der Waals surface area contributed by atoms with Crippen molar-refractivity contribution in [2.45, 2.75) is 0 Å². The summed E-state index contributed by atoms with van der Waals surface area (Å²) in [5.74, 6) is 0.545. The van der Waals surface area contributed by atoms with Crippen molar-refractivity contribution >= 4 is 53.6 Å². The van der Waals surface area contributed by atoms with Gasteiger partial charge in [0.1, 0.15) is 15.3 Å². The number of aromatic hydroxyl groups is 2. The fraction of sp³-hybridized carbons (Fsp3) is 0. The van der Waals surface area contributed by atoms with Gasteiger partial charge in [-0.2, -0.15) is 0 Å². The number of phenolic OH excluding ortho intramolecular Hbond substituents is 2. The Morgan fingerprint density at radius 2 is 1.15 bits per heavy atom. The second kappa shape index (κ2) is 9.25. The van der Waals surface area contributed by atoms with Gasteiger partial charge in [-0.05, 0) is 71.8 Å². The molecule has 4 nitrogen and oxygen atoms in total. The summed E-state index contributed by atoms with van der Waals surface area (Å²) in [5.41, 5.74) is 2.12. The molecule has 0 unspecified atom stereocenters. The minimum Gasteiger partial charge on any atom is -0.508 e. The summed E-state index contributed by atoms with van der Waals surface area (Å²) in [6, 6.07) is 17.9. The third-order valence-corrected chi connectivity index (χ3v) is 8.53. The van der Waals surface area contributed by atoms with Crippen molar-refractivity contribution in [2.24, 2.45) is 5.16 Å². The van der Waals surface area contributed by atoms with Gasteiger partial charge >= 0.3 is 0 Å². The molecular formula is C18H13NO3S5. The Kier molecular flexibility index (Phi) is 6.75. The van der Waals surface area contributed by atoms with Crippen molar-refractivity contribution < 1.29 is 15.4 Å². The first-order valence-electron chi connectivity index (χ1n) is 7.52. The molecule has 0 aliphatic rings. The Labute approximate surface area is 175 Å². The van der Waals surface area contributed by atoms with Gasteiger partial charge in [-0.15, -0.1) is 0 Å². The predicted molar refractivity (Wildman–Crippen MR) is 117 cm³/mol. The highest BCUT2D eigenvalue weighted by molar-refractivity contribution is 7.80. The second-order valence-electron chi connectivity index (χ2n) is 5.20. The summed E-state index contributed by atoms with van der Waals surface area (Å²) >= 11 is 5.04. The summed E-state index contributed by atoms with van der Waals surface area (Å²) in [7, 11) is 6.21. The maximum absolute atomic E-state index is 9.10. The maximum atomic E-state index is 9.10. The van der Waals surface area contributed by atoms with Gasteiger partial charge in [-0.25, -0.2) is 0 Å². The Morgan fingerprint density at radius 3 is 1.56 bits per heavy atom. The molecule has 3 N–H and O–H groups in total. The topological polar surface area (TPSA) is 73.1 Å². The van der Waals surface area contributed by atoms with Crippen molar-refractivity contribution in [3.8, 4) is 32.4 Å². The summed E-state index contributed by atoms with van der Waals surface area (Å²) in [4.78, 5) is 2.19. The highest BCUT2D eigenvalue weighted by Crippen LogP contribution is 2.30. The first-order valence-corrected chi connectivity index (χ1v) is 12.2. The van der Waals surface area contributed by atoms with Gasteiger partial charge in [0.25, 0.3) is 0 Å². The molecule has 0 aliphatic carbocycles. The van der Waals surface area contributed by atoms with Gasteiger partial charge in [-0.1, -0.05) is 58.7 Å².